The minimum Gasteiger partial charge on any atom is -0.489 e. The number of para-hydroxylation sites is 1. The predicted octanol–water partition coefficient (Wildman–Crippen LogP) is 1.75. The summed E-state index contributed by atoms with van der Waals surface area (Å²) in [6.07, 6.45) is 0. The Morgan fingerprint density at radius 1 is 1.45 bits per heavy atom. The maximum absolute atomic E-state index is 13.4. The average Bonchev–Trinajstić information content (AvgIpc) is 2.48. The molecule has 1 aromatic rings. The first-order valence-electron chi connectivity index (χ1n) is 7.41. The van der Waals surface area contributed by atoms with Gasteiger partial charge in [0.05, 0.1) is 19.8 Å². The Labute approximate surface area is 131 Å². The largest absolute Gasteiger partial charge is 0.489 e. The van der Waals surface area contributed by atoms with Gasteiger partial charge in [-0.05, 0) is 12.1 Å². The van der Waals surface area contributed by atoms with E-state index in [9.17, 15) is 4.39 Å². The second kappa shape index (κ2) is 7.45. The third kappa shape index (κ3) is 4.34. The summed E-state index contributed by atoms with van der Waals surface area (Å²) in [5.74, 6) is 0.730. The van der Waals surface area contributed by atoms with Crippen LogP contribution in [0.1, 0.15) is 6.92 Å². The van der Waals surface area contributed by atoms with Gasteiger partial charge < -0.3 is 19.7 Å². The van der Waals surface area contributed by atoms with Crippen molar-refractivity contribution in [1.29, 1.82) is 0 Å². The molecular formula is C16H24FN3O2. The van der Waals surface area contributed by atoms with E-state index in [1.54, 1.807) is 25.2 Å². The lowest BCUT2D eigenvalue weighted by atomic mass is 9.89. The number of guanidine groups is 1. The van der Waals surface area contributed by atoms with Crippen LogP contribution in [0.15, 0.2) is 29.3 Å². The molecule has 122 valence electrons. The molecule has 0 bridgehead atoms. The highest BCUT2D eigenvalue weighted by molar-refractivity contribution is 5.79. The molecule has 0 atom stereocenters. The van der Waals surface area contributed by atoms with Crippen LogP contribution in [-0.4, -0.2) is 57.9 Å². The summed E-state index contributed by atoms with van der Waals surface area (Å²) in [5, 5.41) is 3.34. The van der Waals surface area contributed by atoms with E-state index in [1.165, 1.54) is 6.07 Å². The first-order chi connectivity index (χ1) is 10.5. The molecular weight excluding hydrogens is 285 g/mol. The summed E-state index contributed by atoms with van der Waals surface area (Å²) < 4.78 is 24.2. The van der Waals surface area contributed by atoms with Crippen LogP contribution in [0, 0.1) is 11.2 Å². The van der Waals surface area contributed by atoms with E-state index in [0.717, 1.165) is 25.7 Å². The van der Waals surface area contributed by atoms with Gasteiger partial charge in [0.15, 0.2) is 17.5 Å². The molecule has 1 aliphatic heterocycles. The molecule has 2 rings (SSSR count). The van der Waals surface area contributed by atoms with E-state index in [0.29, 0.717) is 13.2 Å². The Bertz CT molecular complexity index is 518. The SMILES string of the molecule is CN=C(NCC1(C)COC1)N(C)CCOc1ccccc1F. The third-order valence-electron chi connectivity index (χ3n) is 3.67. The number of likely N-dealkylation sites (N-methyl/N-ethyl adjacent to an activating group) is 1. The summed E-state index contributed by atoms with van der Waals surface area (Å²) in [5.41, 5.74) is 0.181. The fourth-order valence-electron chi connectivity index (χ4n) is 2.19. The van der Waals surface area contributed by atoms with Crippen molar-refractivity contribution < 1.29 is 13.9 Å². The van der Waals surface area contributed by atoms with E-state index >= 15 is 0 Å². The molecule has 0 aliphatic carbocycles. The highest BCUT2D eigenvalue weighted by Crippen LogP contribution is 2.25. The first-order valence-corrected chi connectivity index (χ1v) is 7.41. The van der Waals surface area contributed by atoms with Crippen LogP contribution in [0.3, 0.4) is 0 Å². The fourth-order valence-corrected chi connectivity index (χ4v) is 2.19. The van der Waals surface area contributed by atoms with Crippen LogP contribution in [-0.2, 0) is 4.74 Å². The van der Waals surface area contributed by atoms with Gasteiger partial charge in [0.2, 0.25) is 0 Å². The number of nitrogens with zero attached hydrogens (tertiary/aromatic N) is 2. The Hall–Kier alpha value is -1.82. The molecule has 1 aliphatic rings. The Balaban J connectivity index is 1.75. The summed E-state index contributed by atoms with van der Waals surface area (Å²) in [4.78, 5) is 6.22. The first kappa shape index (κ1) is 16.5. The molecule has 1 aromatic carbocycles. The predicted molar refractivity (Wildman–Crippen MR) is 84.8 cm³/mol. The van der Waals surface area contributed by atoms with Gasteiger partial charge in [-0.25, -0.2) is 4.39 Å². The number of halogens is 1. The monoisotopic (exact) mass is 309 g/mol. The molecule has 0 spiro atoms. The molecule has 0 saturated carbocycles. The van der Waals surface area contributed by atoms with Crippen LogP contribution in [0.4, 0.5) is 4.39 Å². The van der Waals surface area contributed by atoms with E-state index in [-0.39, 0.29) is 17.0 Å². The number of hydrogen-bond acceptors (Lipinski definition) is 3. The maximum Gasteiger partial charge on any atom is 0.193 e. The summed E-state index contributed by atoms with van der Waals surface area (Å²) in [6, 6.07) is 6.41. The lowest BCUT2D eigenvalue weighted by Crippen LogP contribution is -2.51. The van der Waals surface area contributed by atoms with Gasteiger partial charge in [-0.2, -0.15) is 0 Å². The number of ether oxygens (including phenoxy) is 2. The number of nitrogens with one attached hydrogen (secondary N) is 1. The van der Waals surface area contributed by atoms with Crippen molar-refractivity contribution in [3.05, 3.63) is 30.1 Å². The molecule has 0 aromatic heterocycles. The van der Waals surface area contributed by atoms with Crippen LogP contribution < -0.4 is 10.1 Å². The van der Waals surface area contributed by atoms with Crippen molar-refractivity contribution >= 4 is 5.96 Å². The molecule has 1 saturated heterocycles. The lowest BCUT2D eigenvalue weighted by Gasteiger charge is -2.39. The van der Waals surface area contributed by atoms with Gasteiger partial charge in [-0.1, -0.05) is 19.1 Å². The molecule has 1 fully saturated rings. The lowest BCUT2D eigenvalue weighted by molar-refractivity contribution is -0.0972. The van der Waals surface area contributed by atoms with Gasteiger partial charge in [-0.3, -0.25) is 4.99 Å². The second-order valence-electron chi connectivity index (χ2n) is 5.90. The summed E-state index contributed by atoms with van der Waals surface area (Å²) in [7, 11) is 3.68. The summed E-state index contributed by atoms with van der Waals surface area (Å²) in [6.45, 7) is 5.55. The molecule has 6 heteroatoms. The topological polar surface area (TPSA) is 46.1 Å². The van der Waals surface area contributed by atoms with E-state index in [1.807, 2.05) is 11.9 Å². The number of rotatable bonds is 6. The van der Waals surface area contributed by atoms with Crippen molar-refractivity contribution in [2.24, 2.45) is 10.4 Å². The van der Waals surface area contributed by atoms with E-state index < -0.39 is 0 Å². The van der Waals surface area contributed by atoms with Gasteiger partial charge in [-0.15, -0.1) is 0 Å². The van der Waals surface area contributed by atoms with Gasteiger partial charge in [0, 0.05) is 26.1 Å². The van der Waals surface area contributed by atoms with Crippen LogP contribution >= 0.6 is 0 Å². The quantitative estimate of drug-likeness (QED) is 0.642. The maximum atomic E-state index is 13.4. The van der Waals surface area contributed by atoms with Gasteiger partial charge in [0.1, 0.15) is 6.61 Å². The molecule has 1 N–H and O–H groups in total. The average molecular weight is 309 g/mol. The standard InChI is InChI=1S/C16H24FN3O2/c1-16(11-21-12-16)10-19-15(18-2)20(3)8-9-22-14-7-5-4-6-13(14)17/h4-7H,8-12H2,1-3H3,(H,18,19). The zero-order valence-electron chi connectivity index (χ0n) is 13.4. The zero-order chi connectivity index (χ0) is 16.0. The highest BCUT2D eigenvalue weighted by atomic mass is 19.1. The minimum absolute atomic E-state index is 0.181. The Morgan fingerprint density at radius 3 is 2.77 bits per heavy atom. The molecule has 0 amide bonds. The number of hydrogen-bond donors (Lipinski definition) is 1. The molecule has 0 unspecified atom stereocenters. The Morgan fingerprint density at radius 2 is 2.18 bits per heavy atom. The molecule has 0 radical (unpaired) electrons. The van der Waals surface area contributed by atoms with Crippen LogP contribution in [0.5, 0.6) is 5.75 Å². The smallest absolute Gasteiger partial charge is 0.193 e. The third-order valence-corrected chi connectivity index (χ3v) is 3.67. The van der Waals surface area contributed by atoms with Gasteiger partial charge in [0.25, 0.3) is 0 Å². The number of aliphatic imine (C=N–C) groups is 1. The normalized spacial score (nSPS) is 16.8. The van der Waals surface area contributed by atoms with E-state index in [4.69, 9.17) is 9.47 Å². The fraction of sp³-hybridized carbons (Fsp3) is 0.562. The Kier molecular flexibility index (Phi) is 5.60. The zero-order valence-corrected chi connectivity index (χ0v) is 13.4. The minimum atomic E-state index is -0.342. The van der Waals surface area contributed by atoms with Crippen molar-refractivity contribution in [2.45, 2.75) is 6.92 Å². The van der Waals surface area contributed by atoms with Crippen molar-refractivity contribution in [2.75, 3.05) is 47.0 Å². The highest BCUT2D eigenvalue weighted by Gasteiger charge is 2.33. The second-order valence-corrected chi connectivity index (χ2v) is 5.90. The van der Waals surface area contributed by atoms with Crippen molar-refractivity contribution in [1.82, 2.24) is 10.2 Å². The van der Waals surface area contributed by atoms with Crippen LogP contribution in [0.2, 0.25) is 0 Å². The molecule has 22 heavy (non-hydrogen) atoms. The molecule has 1 heterocycles. The molecule has 5 nitrogen and oxygen atoms in total. The van der Waals surface area contributed by atoms with Crippen LogP contribution in [0.25, 0.3) is 0 Å². The summed E-state index contributed by atoms with van der Waals surface area (Å²) >= 11 is 0. The van der Waals surface area contributed by atoms with E-state index in [2.05, 4.69) is 17.2 Å². The van der Waals surface area contributed by atoms with Gasteiger partial charge >= 0.3 is 0 Å². The number of benzene rings is 1. The van der Waals surface area contributed by atoms with Crippen molar-refractivity contribution in [3.63, 3.8) is 0 Å². The van der Waals surface area contributed by atoms with Crippen molar-refractivity contribution in [3.8, 4) is 5.75 Å².